The van der Waals surface area contributed by atoms with Crippen molar-refractivity contribution in [3.8, 4) is 62.1 Å². The van der Waals surface area contributed by atoms with Crippen molar-refractivity contribution in [2.75, 3.05) is 0 Å². The molecule has 0 amide bonds. The molecule has 6 heteroatoms. The molecule has 0 aliphatic rings. The Kier molecular flexibility index (Phi) is 8.01. The summed E-state index contributed by atoms with van der Waals surface area (Å²) < 4.78 is 11.4. The standard InChI is InChI=1S/C57H34N4OS/c1-4-15-35(16-5-1)39-31-40(36-17-6-2-7-18-36)33-41(32-39)56-58-55(38-27-28-45-49(34-38)62-48-25-14-23-42(52(45)48)37-19-8-3-9-20-37)59-57(60-56)61-47-24-12-10-21-43(47)44-29-30-51-53(54(44)61)46-22-11-13-26-50(46)63-51/h1-34H. The topological polar surface area (TPSA) is 56.7 Å². The Balaban J connectivity index is 1.10. The van der Waals surface area contributed by atoms with Crippen molar-refractivity contribution in [3.63, 3.8) is 0 Å². The van der Waals surface area contributed by atoms with Gasteiger partial charge in [-0.25, -0.2) is 4.98 Å². The number of rotatable bonds is 6. The molecule has 9 aromatic carbocycles. The predicted octanol–water partition coefficient (Wildman–Crippen LogP) is 15.6. The molecule has 0 aliphatic carbocycles. The third kappa shape index (κ3) is 5.80. The second-order valence-corrected chi connectivity index (χ2v) is 17.0. The fourth-order valence-corrected chi connectivity index (χ4v) is 10.5. The quantitative estimate of drug-likeness (QED) is 0.168. The van der Waals surface area contributed by atoms with Gasteiger partial charge in [0, 0.05) is 52.8 Å². The minimum Gasteiger partial charge on any atom is -0.456 e. The summed E-state index contributed by atoms with van der Waals surface area (Å²) in [6, 6.07) is 72.6. The fourth-order valence-electron chi connectivity index (χ4n) is 9.37. The van der Waals surface area contributed by atoms with E-state index in [1.807, 2.05) is 23.5 Å². The summed E-state index contributed by atoms with van der Waals surface area (Å²) in [7, 11) is 0. The molecule has 0 radical (unpaired) electrons. The first-order chi connectivity index (χ1) is 31.2. The number of para-hydroxylation sites is 1. The van der Waals surface area contributed by atoms with E-state index < -0.39 is 0 Å². The lowest BCUT2D eigenvalue weighted by molar-refractivity contribution is 0.669. The molecule has 5 nitrogen and oxygen atoms in total. The molecule has 294 valence electrons. The van der Waals surface area contributed by atoms with Crippen LogP contribution in [0.15, 0.2) is 211 Å². The first-order valence-corrected chi connectivity index (χ1v) is 21.9. The van der Waals surface area contributed by atoms with Crippen molar-refractivity contribution in [2.24, 2.45) is 0 Å². The normalized spacial score (nSPS) is 11.8. The lowest BCUT2D eigenvalue weighted by atomic mass is 9.96. The van der Waals surface area contributed by atoms with Crippen LogP contribution in [0.5, 0.6) is 0 Å². The van der Waals surface area contributed by atoms with Crippen molar-refractivity contribution in [1.82, 2.24) is 19.5 Å². The number of aromatic nitrogens is 4. The van der Waals surface area contributed by atoms with Crippen molar-refractivity contribution in [2.45, 2.75) is 0 Å². The lowest BCUT2D eigenvalue weighted by Crippen LogP contribution is -2.06. The number of hydrogen-bond acceptors (Lipinski definition) is 5. The van der Waals surface area contributed by atoms with Gasteiger partial charge in [0.25, 0.3) is 0 Å². The summed E-state index contributed by atoms with van der Waals surface area (Å²) in [6.45, 7) is 0. The maximum Gasteiger partial charge on any atom is 0.238 e. The molecule has 13 aromatic rings. The van der Waals surface area contributed by atoms with E-state index >= 15 is 0 Å². The summed E-state index contributed by atoms with van der Waals surface area (Å²) in [4.78, 5) is 16.3. The molecule has 0 spiro atoms. The minimum absolute atomic E-state index is 0.548. The van der Waals surface area contributed by atoms with Gasteiger partial charge >= 0.3 is 0 Å². The molecule has 0 atom stereocenters. The number of furan rings is 1. The zero-order valence-corrected chi connectivity index (χ0v) is 34.6. The maximum absolute atomic E-state index is 6.64. The fraction of sp³-hybridized carbons (Fsp3) is 0. The smallest absolute Gasteiger partial charge is 0.238 e. The molecule has 0 saturated carbocycles. The first kappa shape index (κ1) is 35.6. The highest BCUT2D eigenvalue weighted by Gasteiger charge is 2.23. The Morgan fingerprint density at radius 2 is 0.984 bits per heavy atom. The average molecular weight is 823 g/mol. The average Bonchev–Trinajstić information content (AvgIpc) is 4.04. The molecular weight excluding hydrogens is 789 g/mol. The molecule has 63 heavy (non-hydrogen) atoms. The van der Waals surface area contributed by atoms with Crippen LogP contribution in [-0.2, 0) is 0 Å². The third-order valence-corrected chi connectivity index (χ3v) is 13.4. The van der Waals surface area contributed by atoms with E-state index in [4.69, 9.17) is 19.4 Å². The highest BCUT2D eigenvalue weighted by atomic mass is 32.1. The molecular formula is C57H34N4OS. The number of thiophene rings is 1. The van der Waals surface area contributed by atoms with Crippen LogP contribution in [0.3, 0.4) is 0 Å². The van der Waals surface area contributed by atoms with Gasteiger partial charge in [-0.05, 0) is 88.0 Å². The summed E-state index contributed by atoms with van der Waals surface area (Å²) in [5.74, 6) is 1.68. The van der Waals surface area contributed by atoms with Crippen LogP contribution in [0, 0.1) is 0 Å². The minimum atomic E-state index is 0.548. The molecule has 4 aromatic heterocycles. The number of benzene rings is 9. The van der Waals surface area contributed by atoms with Gasteiger partial charge in [0.05, 0.1) is 11.0 Å². The number of nitrogens with zero attached hydrogens (tertiary/aromatic N) is 4. The van der Waals surface area contributed by atoms with E-state index in [0.717, 1.165) is 88.3 Å². The van der Waals surface area contributed by atoms with Crippen LogP contribution in [0.1, 0.15) is 0 Å². The van der Waals surface area contributed by atoms with E-state index in [9.17, 15) is 0 Å². The van der Waals surface area contributed by atoms with Crippen molar-refractivity contribution >= 4 is 75.3 Å². The lowest BCUT2D eigenvalue weighted by Gasteiger charge is -2.14. The van der Waals surface area contributed by atoms with Crippen LogP contribution >= 0.6 is 11.3 Å². The summed E-state index contributed by atoms with van der Waals surface area (Å²) in [5, 5.41) is 6.84. The van der Waals surface area contributed by atoms with Gasteiger partial charge in [0.1, 0.15) is 11.2 Å². The molecule has 13 rings (SSSR count). The van der Waals surface area contributed by atoms with Crippen molar-refractivity contribution in [3.05, 3.63) is 206 Å². The molecule has 0 bridgehead atoms. The van der Waals surface area contributed by atoms with E-state index in [-0.39, 0.29) is 0 Å². The summed E-state index contributed by atoms with van der Waals surface area (Å²) >= 11 is 1.81. The second kappa shape index (κ2) is 14.2. The van der Waals surface area contributed by atoms with Crippen LogP contribution in [0.2, 0.25) is 0 Å². The van der Waals surface area contributed by atoms with Crippen LogP contribution in [0.25, 0.3) is 126 Å². The molecule has 4 heterocycles. The zero-order valence-electron chi connectivity index (χ0n) is 33.7. The van der Waals surface area contributed by atoms with Crippen LogP contribution in [-0.4, -0.2) is 19.5 Å². The van der Waals surface area contributed by atoms with Gasteiger partial charge in [0.15, 0.2) is 11.6 Å². The second-order valence-electron chi connectivity index (χ2n) is 16.0. The van der Waals surface area contributed by atoms with Crippen LogP contribution < -0.4 is 0 Å². The molecule has 0 unspecified atom stereocenters. The van der Waals surface area contributed by atoms with Gasteiger partial charge in [-0.1, -0.05) is 152 Å². The van der Waals surface area contributed by atoms with Gasteiger partial charge in [-0.3, -0.25) is 4.57 Å². The van der Waals surface area contributed by atoms with Gasteiger partial charge < -0.3 is 4.42 Å². The van der Waals surface area contributed by atoms with E-state index in [2.05, 4.69) is 199 Å². The Bertz CT molecular complexity index is 3850. The van der Waals surface area contributed by atoms with E-state index in [1.54, 1.807) is 0 Å². The monoisotopic (exact) mass is 822 g/mol. The third-order valence-electron chi connectivity index (χ3n) is 12.2. The van der Waals surface area contributed by atoms with Gasteiger partial charge in [0.2, 0.25) is 5.95 Å². The van der Waals surface area contributed by atoms with Crippen LogP contribution in [0.4, 0.5) is 0 Å². The Labute approximate surface area is 365 Å². The van der Waals surface area contributed by atoms with Gasteiger partial charge in [-0.2, -0.15) is 9.97 Å². The van der Waals surface area contributed by atoms with E-state index in [1.165, 1.54) is 20.2 Å². The molecule has 0 saturated heterocycles. The van der Waals surface area contributed by atoms with Crippen molar-refractivity contribution in [1.29, 1.82) is 0 Å². The Hall–Kier alpha value is -8.19. The number of fused-ring (bicyclic) bond motifs is 10. The Morgan fingerprint density at radius 1 is 0.365 bits per heavy atom. The largest absolute Gasteiger partial charge is 0.456 e. The van der Waals surface area contributed by atoms with Crippen molar-refractivity contribution < 1.29 is 4.42 Å². The Morgan fingerprint density at radius 3 is 1.73 bits per heavy atom. The molecule has 0 aliphatic heterocycles. The highest BCUT2D eigenvalue weighted by molar-refractivity contribution is 7.26. The summed E-state index contributed by atoms with van der Waals surface area (Å²) in [6.07, 6.45) is 0. The van der Waals surface area contributed by atoms with E-state index in [0.29, 0.717) is 17.6 Å². The van der Waals surface area contributed by atoms with Gasteiger partial charge in [-0.15, -0.1) is 11.3 Å². The SMILES string of the molecule is c1ccc(-c2cc(-c3ccccc3)cc(-c3nc(-c4ccc5c(c4)oc4cccc(-c6ccccc6)c45)nc(-n4c5ccccc5c5ccc6sc7ccccc7c6c54)n3)c2)cc1. The number of hydrogen-bond donors (Lipinski definition) is 0. The molecule has 0 fully saturated rings. The molecule has 0 N–H and O–H groups in total. The first-order valence-electron chi connectivity index (χ1n) is 21.1. The predicted molar refractivity (Wildman–Crippen MR) is 262 cm³/mol. The highest BCUT2D eigenvalue weighted by Crippen LogP contribution is 2.44. The summed E-state index contributed by atoms with van der Waals surface area (Å²) in [5.41, 5.74) is 12.1. The zero-order chi connectivity index (χ0) is 41.4. The maximum atomic E-state index is 6.64.